The van der Waals surface area contributed by atoms with Crippen LogP contribution in [-0.4, -0.2) is 58.7 Å². The van der Waals surface area contributed by atoms with E-state index in [0.717, 1.165) is 61.8 Å². The highest BCUT2D eigenvalue weighted by Crippen LogP contribution is 2.28. The number of carbonyl (C=O) groups is 1. The third-order valence-corrected chi connectivity index (χ3v) is 6.13. The maximum atomic E-state index is 13.1. The van der Waals surface area contributed by atoms with Gasteiger partial charge in [0.2, 0.25) is 0 Å². The van der Waals surface area contributed by atoms with Crippen molar-refractivity contribution in [1.29, 1.82) is 0 Å². The number of likely N-dealkylation sites (N-methyl/N-ethyl adjacent to an activating group) is 1. The van der Waals surface area contributed by atoms with Crippen molar-refractivity contribution in [2.75, 3.05) is 38.1 Å². The Bertz CT molecular complexity index is 1060. The normalized spacial score (nSPS) is 16.6. The Morgan fingerprint density at radius 3 is 2.55 bits per heavy atom. The predicted molar refractivity (Wildman–Crippen MR) is 117 cm³/mol. The molecule has 0 bridgehead atoms. The van der Waals surface area contributed by atoms with Crippen molar-refractivity contribution in [1.82, 2.24) is 19.6 Å². The first kappa shape index (κ1) is 19.8. The van der Waals surface area contributed by atoms with E-state index in [2.05, 4.69) is 29.1 Å². The van der Waals surface area contributed by atoms with Gasteiger partial charge in [-0.2, -0.15) is 5.10 Å². The average Bonchev–Trinajstić information content (AvgIpc) is 3.34. The molecule has 0 radical (unpaired) electrons. The lowest BCUT2D eigenvalue weighted by molar-refractivity contribution is 0.0664. The molecule has 31 heavy (non-hydrogen) atoms. The molecule has 7 heteroatoms. The SMILES string of the molecule is CN1CCN(C(=O)c2cccc(N3Cc4cn(Cc5ccc(F)cc5)nc4C3)c2)CC1. The standard InChI is InChI=1S/C24H26FN5O/c1-27-9-11-28(12-10-27)24(31)19-3-2-4-22(13-19)29-15-20-16-30(26-23(20)17-29)14-18-5-7-21(25)8-6-18/h2-8,13,16H,9-12,14-15,17H2,1H3. The Hall–Kier alpha value is -3.19. The van der Waals surface area contributed by atoms with Gasteiger partial charge < -0.3 is 14.7 Å². The maximum Gasteiger partial charge on any atom is 0.254 e. The minimum Gasteiger partial charge on any atom is -0.361 e. The summed E-state index contributed by atoms with van der Waals surface area (Å²) >= 11 is 0. The highest BCUT2D eigenvalue weighted by molar-refractivity contribution is 5.95. The molecule has 3 heterocycles. The molecule has 2 aliphatic rings. The lowest BCUT2D eigenvalue weighted by Gasteiger charge is -2.32. The van der Waals surface area contributed by atoms with Crippen LogP contribution in [0.3, 0.4) is 0 Å². The Kier molecular flexibility index (Phi) is 5.19. The minimum absolute atomic E-state index is 0.108. The van der Waals surface area contributed by atoms with Gasteiger partial charge in [-0.1, -0.05) is 18.2 Å². The number of carbonyl (C=O) groups excluding carboxylic acids is 1. The van der Waals surface area contributed by atoms with Crippen molar-refractivity contribution < 1.29 is 9.18 Å². The first-order chi connectivity index (χ1) is 15.0. The zero-order valence-electron chi connectivity index (χ0n) is 17.7. The summed E-state index contributed by atoms with van der Waals surface area (Å²) in [6.45, 7) is 5.50. The van der Waals surface area contributed by atoms with Gasteiger partial charge in [0.1, 0.15) is 5.82 Å². The maximum absolute atomic E-state index is 13.1. The van der Waals surface area contributed by atoms with Gasteiger partial charge in [0.05, 0.1) is 18.8 Å². The lowest BCUT2D eigenvalue weighted by atomic mass is 10.1. The summed E-state index contributed by atoms with van der Waals surface area (Å²) in [6, 6.07) is 14.5. The van der Waals surface area contributed by atoms with Gasteiger partial charge in [-0.3, -0.25) is 9.48 Å². The molecule has 160 valence electrons. The molecule has 3 aromatic rings. The molecule has 0 atom stereocenters. The van der Waals surface area contributed by atoms with Gasteiger partial charge >= 0.3 is 0 Å². The lowest BCUT2D eigenvalue weighted by Crippen LogP contribution is -2.47. The van der Waals surface area contributed by atoms with Crippen LogP contribution in [0, 0.1) is 5.82 Å². The van der Waals surface area contributed by atoms with Crippen molar-refractivity contribution in [3.8, 4) is 0 Å². The molecular formula is C24H26FN5O. The van der Waals surface area contributed by atoms with Crippen molar-refractivity contribution in [3.05, 3.63) is 82.9 Å². The molecule has 0 spiro atoms. The van der Waals surface area contributed by atoms with E-state index < -0.39 is 0 Å². The molecule has 0 saturated carbocycles. The quantitative estimate of drug-likeness (QED) is 0.652. The van der Waals surface area contributed by atoms with Crippen molar-refractivity contribution in [2.45, 2.75) is 19.6 Å². The Balaban J connectivity index is 1.26. The highest BCUT2D eigenvalue weighted by Gasteiger charge is 2.25. The fourth-order valence-corrected chi connectivity index (χ4v) is 4.28. The summed E-state index contributed by atoms with van der Waals surface area (Å²) in [5, 5.41) is 4.72. The number of hydrogen-bond donors (Lipinski definition) is 0. The zero-order valence-corrected chi connectivity index (χ0v) is 17.7. The van der Waals surface area contributed by atoms with Crippen LogP contribution in [0.1, 0.15) is 27.2 Å². The molecular weight excluding hydrogens is 393 g/mol. The van der Waals surface area contributed by atoms with Crippen LogP contribution in [0.5, 0.6) is 0 Å². The Labute approximate surface area is 181 Å². The van der Waals surface area contributed by atoms with Crippen LogP contribution in [0.15, 0.2) is 54.7 Å². The van der Waals surface area contributed by atoms with E-state index in [9.17, 15) is 9.18 Å². The predicted octanol–water partition coefficient (Wildman–Crippen LogP) is 2.98. The van der Waals surface area contributed by atoms with Crippen LogP contribution in [0.4, 0.5) is 10.1 Å². The fourth-order valence-electron chi connectivity index (χ4n) is 4.28. The van der Waals surface area contributed by atoms with E-state index in [1.807, 2.05) is 27.8 Å². The number of aromatic nitrogens is 2. The summed E-state index contributed by atoms with van der Waals surface area (Å²) in [4.78, 5) is 19.4. The molecule has 6 nitrogen and oxygen atoms in total. The number of anilines is 1. The van der Waals surface area contributed by atoms with E-state index >= 15 is 0 Å². The Morgan fingerprint density at radius 1 is 1.03 bits per heavy atom. The summed E-state index contributed by atoms with van der Waals surface area (Å²) in [5.74, 6) is -0.118. The van der Waals surface area contributed by atoms with Crippen LogP contribution in [0.2, 0.25) is 0 Å². The summed E-state index contributed by atoms with van der Waals surface area (Å²) in [6.07, 6.45) is 2.07. The Morgan fingerprint density at radius 2 is 1.81 bits per heavy atom. The van der Waals surface area contributed by atoms with Crippen LogP contribution in [0.25, 0.3) is 0 Å². The van der Waals surface area contributed by atoms with Crippen molar-refractivity contribution in [3.63, 3.8) is 0 Å². The monoisotopic (exact) mass is 419 g/mol. The molecule has 0 aliphatic carbocycles. The smallest absolute Gasteiger partial charge is 0.254 e. The minimum atomic E-state index is -0.226. The number of rotatable bonds is 4. The van der Waals surface area contributed by atoms with Crippen molar-refractivity contribution >= 4 is 11.6 Å². The third kappa shape index (κ3) is 4.18. The molecule has 1 amide bonds. The first-order valence-electron chi connectivity index (χ1n) is 10.7. The van der Waals surface area contributed by atoms with Crippen molar-refractivity contribution in [2.24, 2.45) is 0 Å². The second kappa shape index (κ2) is 8.15. The van der Waals surface area contributed by atoms with Crippen LogP contribution < -0.4 is 4.90 Å². The van der Waals surface area contributed by atoms with E-state index in [4.69, 9.17) is 5.10 Å². The van der Waals surface area contributed by atoms with Gasteiger partial charge in [-0.05, 0) is 42.9 Å². The highest BCUT2D eigenvalue weighted by atomic mass is 19.1. The van der Waals surface area contributed by atoms with Gasteiger partial charge in [0.25, 0.3) is 5.91 Å². The van der Waals surface area contributed by atoms with Gasteiger partial charge in [0.15, 0.2) is 0 Å². The van der Waals surface area contributed by atoms with E-state index in [1.54, 1.807) is 12.1 Å². The van der Waals surface area contributed by atoms with Gasteiger partial charge in [-0.25, -0.2) is 4.39 Å². The topological polar surface area (TPSA) is 44.6 Å². The fraction of sp³-hybridized carbons (Fsp3) is 0.333. The van der Waals surface area contributed by atoms with Gasteiger partial charge in [-0.15, -0.1) is 0 Å². The largest absolute Gasteiger partial charge is 0.361 e. The van der Waals surface area contributed by atoms with Crippen LogP contribution >= 0.6 is 0 Å². The molecule has 2 aromatic carbocycles. The van der Waals surface area contributed by atoms with E-state index in [1.165, 1.54) is 17.7 Å². The molecule has 0 N–H and O–H groups in total. The molecule has 1 fully saturated rings. The molecule has 5 rings (SSSR count). The first-order valence-corrected chi connectivity index (χ1v) is 10.7. The summed E-state index contributed by atoms with van der Waals surface area (Å²) in [5.41, 5.74) is 5.06. The summed E-state index contributed by atoms with van der Waals surface area (Å²) < 4.78 is 15.0. The number of amides is 1. The number of fused-ring (bicyclic) bond motifs is 1. The van der Waals surface area contributed by atoms with E-state index in [0.29, 0.717) is 6.54 Å². The zero-order chi connectivity index (χ0) is 21.4. The number of hydrogen-bond acceptors (Lipinski definition) is 4. The number of benzene rings is 2. The summed E-state index contributed by atoms with van der Waals surface area (Å²) in [7, 11) is 2.09. The molecule has 1 aromatic heterocycles. The second-order valence-corrected chi connectivity index (χ2v) is 8.43. The van der Waals surface area contributed by atoms with E-state index in [-0.39, 0.29) is 11.7 Å². The van der Waals surface area contributed by atoms with Gasteiger partial charge in [0, 0.05) is 55.7 Å². The second-order valence-electron chi connectivity index (χ2n) is 8.43. The number of nitrogens with zero attached hydrogens (tertiary/aromatic N) is 5. The molecule has 1 saturated heterocycles. The average molecular weight is 420 g/mol. The molecule has 2 aliphatic heterocycles. The number of halogens is 1. The van der Waals surface area contributed by atoms with Crippen LogP contribution in [-0.2, 0) is 19.6 Å². The molecule has 0 unspecified atom stereocenters. The third-order valence-electron chi connectivity index (χ3n) is 6.13. The number of piperazine rings is 1.